The lowest BCUT2D eigenvalue weighted by Crippen LogP contribution is -2.53. The van der Waals surface area contributed by atoms with Crippen molar-refractivity contribution in [3.8, 4) is 11.5 Å². The first-order valence-corrected chi connectivity index (χ1v) is 10.2. The van der Waals surface area contributed by atoms with Crippen LogP contribution < -0.4 is 9.47 Å². The minimum atomic E-state index is -0.887. The van der Waals surface area contributed by atoms with Gasteiger partial charge in [-0.2, -0.15) is 0 Å². The third-order valence-electron chi connectivity index (χ3n) is 5.24. The first-order chi connectivity index (χ1) is 15.3. The molecule has 1 amide bonds. The molecule has 0 aromatic heterocycles. The maximum absolute atomic E-state index is 12.6. The van der Waals surface area contributed by atoms with Crippen LogP contribution in [0.2, 0.25) is 0 Å². The highest BCUT2D eigenvalue weighted by molar-refractivity contribution is 5.96. The summed E-state index contributed by atoms with van der Waals surface area (Å²) in [4.78, 5) is 39.2. The third-order valence-corrected chi connectivity index (χ3v) is 5.24. The van der Waals surface area contributed by atoms with Crippen LogP contribution in [0.1, 0.15) is 41.0 Å². The molecule has 1 aliphatic heterocycles. The van der Waals surface area contributed by atoms with Crippen molar-refractivity contribution in [1.29, 1.82) is 0 Å². The predicted octanol–water partition coefficient (Wildman–Crippen LogP) is 3.10. The van der Waals surface area contributed by atoms with E-state index >= 15 is 0 Å². The molecule has 0 unspecified atom stereocenters. The van der Waals surface area contributed by atoms with Crippen LogP contribution in [0.15, 0.2) is 48.5 Å². The lowest BCUT2D eigenvalue weighted by Gasteiger charge is -2.37. The number of methoxy groups -OCH3 is 2. The maximum Gasteiger partial charge on any atom is 0.338 e. The van der Waals surface area contributed by atoms with Gasteiger partial charge in [-0.1, -0.05) is 30.3 Å². The Kier molecular flexibility index (Phi) is 7.15. The molecule has 2 aromatic carbocycles. The van der Waals surface area contributed by atoms with Gasteiger partial charge in [0.15, 0.2) is 17.3 Å². The Morgan fingerprint density at radius 1 is 1.03 bits per heavy atom. The van der Waals surface area contributed by atoms with Crippen molar-refractivity contribution in [2.75, 3.05) is 27.4 Å². The average Bonchev–Trinajstić information content (AvgIpc) is 3.18. The summed E-state index contributed by atoms with van der Waals surface area (Å²) in [6.45, 7) is 3.33. The molecule has 0 N–H and O–H groups in total. The second-order valence-electron chi connectivity index (χ2n) is 7.98. The molecule has 32 heavy (non-hydrogen) atoms. The Balaban J connectivity index is 1.68. The lowest BCUT2D eigenvalue weighted by atomic mass is 10.0. The second kappa shape index (κ2) is 9.82. The van der Waals surface area contributed by atoms with Gasteiger partial charge in [-0.15, -0.1) is 0 Å². The molecule has 0 bridgehead atoms. The van der Waals surface area contributed by atoms with Crippen molar-refractivity contribution in [3.63, 3.8) is 0 Å². The van der Waals surface area contributed by atoms with E-state index in [1.165, 1.54) is 25.2 Å². The molecule has 170 valence electrons. The summed E-state index contributed by atoms with van der Waals surface area (Å²) < 4.78 is 21.5. The Morgan fingerprint density at radius 2 is 1.72 bits per heavy atom. The summed E-state index contributed by atoms with van der Waals surface area (Å²) in [6.07, 6.45) is -0.715. The van der Waals surface area contributed by atoms with Crippen LogP contribution in [0, 0.1) is 0 Å². The van der Waals surface area contributed by atoms with Crippen LogP contribution in [-0.4, -0.2) is 61.8 Å². The Labute approximate surface area is 187 Å². The zero-order chi connectivity index (χ0) is 23.3. The van der Waals surface area contributed by atoms with Gasteiger partial charge in [0.05, 0.1) is 31.7 Å². The molecule has 8 nitrogen and oxygen atoms in total. The van der Waals surface area contributed by atoms with Crippen molar-refractivity contribution in [2.45, 2.75) is 32.0 Å². The highest BCUT2D eigenvalue weighted by atomic mass is 16.5. The van der Waals surface area contributed by atoms with Gasteiger partial charge in [0.25, 0.3) is 5.91 Å². The van der Waals surface area contributed by atoms with Crippen molar-refractivity contribution in [2.24, 2.45) is 0 Å². The molecular weight excluding hydrogens is 414 g/mol. The minimum Gasteiger partial charge on any atom is -0.493 e. The molecule has 1 aliphatic rings. The van der Waals surface area contributed by atoms with Crippen LogP contribution in [0.25, 0.3) is 0 Å². The number of esters is 1. The van der Waals surface area contributed by atoms with E-state index in [1.807, 2.05) is 6.07 Å². The zero-order valence-corrected chi connectivity index (χ0v) is 18.6. The van der Waals surface area contributed by atoms with E-state index in [1.54, 1.807) is 50.2 Å². The first kappa shape index (κ1) is 23.3. The topological polar surface area (TPSA) is 91.4 Å². The van der Waals surface area contributed by atoms with Gasteiger partial charge in [-0.25, -0.2) is 4.79 Å². The lowest BCUT2D eigenvalue weighted by molar-refractivity contribution is -0.135. The number of hydrogen-bond acceptors (Lipinski definition) is 7. The van der Waals surface area contributed by atoms with E-state index in [2.05, 4.69) is 0 Å². The molecule has 1 saturated heterocycles. The van der Waals surface area contributed by atoms with Crippen LogP contribution in [0.3, 0.4) is 0 Å². The fraction of sp³-hybridized carbons (Fsp3) is 0.375. The Bertz CT molecular complexity index is 987. The number of Topliss-reactive ketones (excluding diaryl/α,β-unsaturated/α-hetero) is 1. The Morgan fingerprint density at radius 3 is 2.38 bits per heavy atom. The molecule has 0 aliphatic carbocycles. The SMILES string of the molecule is COc1ccc(C(=O)OCC(C)(C)N2C(=O)CO[C@@H]2CC(=O)c2ccccc2)cc1OC. The molecule has 1 atom stereocenters. The smallest absolute Gasteiger partial charge is 0.338 e. The van der Waals surface area contributed by atoms with Crippen molar-refractivity contribution in [1.82, 2.24) is 4.90 Å². The van der Waals surface area contributed by atoms with E-state index in [0.717, 1.165) is 0 Å². The van der Waals surface area contributed by atoms with Gasteiger partial charge in [0.2, 0.25) is 0 Å². The van der Waals surface area contributed by atoms with E-state index in [-0.39, 0.29) is 31.3 Å². The Hall–Kier alpha value is -3.39. The molecule has 0 saturated carbocycles. The summed E-state index contributed by atoms with van der Waals surface area (Å²) in [7, 11) is 2.98. The summed E-state index contributed by atoms with van der Waals surface area (Å²) in [5, 5.41) is 0. The molecule has 0 radical (unpaired) electrons. The van der Waals surface area contributed by atoms with Gasteiger partial charge in [0.1, 0.15) is 19.4 Å². The third kappa shape index (κ3) is 5.08. The minimum absolute atomic E-state index is 0.0167. The second-order valence-corrected chi connectivity index (χ2v) is 7.98. The zero-order valence-electron chi connectivity index (χ0n) is 18.6. The van der Waals surface area contributed by atoms with Gasteiger partial charge < -0.3 is 23.8 Å². The molecule has 1 fully saturated rings. The number of ether oxygens (including phenoxy) is 4. The standard InChI is InChI=1S/C24H27NO7/c1-24(2,15-32-23(28)17-10-11-19(29-3)20(12-17)30-4)25-21(27)14-31-22(25)13-18(26)16-8-6-5-7-9-16/h5-12,22H,13-15H2,1-4H3/t22-/m1/s1. The van der Waals surface area contributed by atoms with Crippen LogP contribution >= 0.6 is 0 Å². The predicted molar refractivity (Wildman–Crippen MR) is 116 cm³/mol. The number of carbonyl (C=O) groups excluding carboxylic acids is 3. The molecule has 2 aromatic rings. The van der Waals surface area contributed by atoms with E-state index in [9.17, 15) is 14.4 Å². The van der Waals surface area contributed by atoms with E-state index in [4.69, 9.17) is 18.9 Å². The van der Waals surface area contributed by atoms with Crippen LogP contribution in [0.4, 0.5) is 0 Å². The fourth-order valence-corrected chi connectivity index (χ4v) is 3.61. The van der Waals surface area contributed by atoms with Crippen molar-refractivity contribution >= 4 is 17.7 Å². The number of nitrogens with zero attached hydrogens (tertiary/aromatic N) is 1. The first-order valence-electron chi connectivity index (χ1n) is 10.2. The van der Waals surface area contributed by atoms with E-state index in [0.29, 0.717) is 22.6 Å². The van der Waals surface area contributed by atoms with Crippen LogP contribution in [-0.2, 0) is 14.3 Å². The van der Waals surface area contributed by atoms with Crippen LogP contribution in [0.5, 0.6) is 11.5 Å². The van der Waals surface area contributed by atoms with Crippen molar-refractivity contribution < 1.29 is 33.3 Å². The van der Waals surface area contributed by atoms with Gasteiger partial charge in [-0.3, -0.25) is 9.59 Å². The summed E-state index contributed by atoms with van der Waals surface area (Å²) >= 11 is 0. The largest absolute Gasteiger partial charge is 0.493 e. The number of rotatable bonds is 9. The quantitative estimate of drug-likeness (QED) is 0.436. The molecule has 0 spiro atoms. The molecular formula is C24H27NO7. The number of ketones is 1. The fourth-order valence-electron chi connectivity index (χ4n) is 3.61. The molecule has 3 rings (SSSR count). The summed E-state index contributed by atoms with van der Waals surface area (Å²) in [5.74, 6) is -0.0566. The monoisotopic (exact) mass is 441 g/mol. The highest BCUT2D eigenvalue weighted by Crippen LogP contribution is 2.29. The number of amides is 1. The normalized spacial score (nSPS) is 16.1. The van der Waals surface area contributed by atoms with Gasteiger partial charge in [0, 0.05) is 5.56 Å². The number of hydrogen-bond donors (Lipinski definition) is 0. The van der Waals surface area contributed by atoms with E-state index < -0.39 is 17.7 Å². The van der Waals surface area contributed by atoms with Crippen molar-refractivity contribution in [3.05, 3.63) is 59.7 Å². The average molecular weight is 441 g/mol. The number of carbonyl (C=O) groups is 3. The maximum atomic E-state index is 12.6. The van der Waals surface area contributed by atoms with Gasteiger partial charge >= 0.3 is 5.97 Å². The molecule has 1 heterocycles. The molecule has 8 heteroatoms. The number of benzene rings is 2. The highest BCUT2D eigenvalue weighted by Gasteiger charge is 2.43. The van der Waals surface area contributed by atoms with Gasteiger partial charge in [-0.05, 0) is 32.0 Å². The summed E-state index contributed by atoms with van der Waals surface area (Å²) in [6, 6.07) is 13.5. The summed E-state index contributed by atoms with van der Waals surface area (Å²) in [5.41, 5.74) is -0.0483.